The first kappa shape index (κ1) is 9.60. The highest BCUT2D eigenvalue weighted by molar-refractivity contribution is 8.32. The Morgan fingerprint density at radius 3 is 2.22 bits per heavy atom. The van der Waals surface area contributed by atoms with Gasteiger partial charge < -0.3 is 4.74 Å². The fourth-order valence-corrected chi connectivity index (χ4v) is 1.09. The molecule has 0 heterocycles. The van der Waals surface area contributed by atoms with Crippen molar-refractivity contribution in [2.75, 3.05) is 37.2 Å². The summed E-state index contributed by atoms with van der Waals surface area (Å²) in [6.45, 7) is 0.808. The van der Waals surface area contributed by atoms with Crippen LogP contribution in [0.2, 0.25) is 0 Å². The summed E-state index contributed by atoms with van der Waals surface area (Å²) in [4.78, 5) is 0. The molecule has 58 valence electrons. The van der Waals surface area contributed by atoms with Gasteiger partial charge in [-0.2, -0.15) is 0 Å². The van der Waals surface area contributed by atoms with Gasteiger partial charge in [-0.25, -0.2) is 10.0 Å². The molecule has 0 spiro atoms. The summed E-state index contributed by atoms with van der Waals surface area (Å²) in [7, 11) is -0.380. The molecule has 0 N–H and O–H groups in total. The first-order valence-corrected chi connectivity index (χ1v) is 6.42. The Kier molecular flexibility index (Phi) is 4.72. The third-order valence-corrected chi connectivity index (χ3v) is 2.46. The van der Waals surface area contributed by atoms with E-state index in [-0.39, 0.29) is 10.0 Å². The Hall–Kier alpha value is 0.600. The fourth-order valence-electron chi connectivity index (χ4n) is 0.363. The number of hydrogen-bond donors (Lipinski definition) is 0. The van der Waals surface area contributed by atoms with E-state index in [1.165, 1.54) is 0 Å². The van der Waals surface area contributed by atoms with E-state index in [9.17, 15) is 0 Å². The summed E-state index contributed by atoms with van der Waals surface area (Å²) < 4.78 is 5.00. The predicted octanol–water partition coefficient (Wildman–Crippen LogP) is 1.89. The van der Waals surface area contributed by atoms with E-state index in [1.54, 1.807) is 0 Å². The molecule has 0 bridgehead atoms. The van der Waals surface area contributed by atoms with Crippen LogP contribution in [0, 0.1) is 0 Å². The molecular weight excluding hydrogens is 156 g/mol. The molecule has 9 heavy (non-hydrogen) atoms. The lowest BCUT2D eigenvalue weighted by atomic mass is 10.9. The Labute approximate surface area is 64.0 Å². The average Bonchev–Trinajstić information content (AvgIpc) is 1.63. The minimum atomic E-state index is -0.380. The van der Waals surface area contributed by atoms with Gasteiger partial charge in [-0.05, 0) is 18.8 Å². The summed E-state index contributed by atoms with van der Waals surface area (Å²) in [6.07, 6.45) is 6.81. The number of ether oxygens (including phenoxy) is 1. The van der Waals surface area contributed by atoms with E-state index in [0.29, 0.717) is 6.07 Å². The largest absolute Gasteiger partial charge is 0.365 e. The smallest absolute Gasteiger partial charge is 0.120 e. The van der Waals surface area contributed by atoms with Gasteiger partial charge in [0, 0.05) is 5.75 Å². The van der Waals surface area contributed by atoms with Crippen LogP contribution in [0.3, 0.4) is 0 Å². The normalized spacial score (nSPS) is 13.8. The molecule has 0 aromatic rings. The first-order valence-electron chi connectivity index (χ1n) is 2.86. The third-order valence-electron chi connectivity index (χ3n) is 0.917. The van der Waals surface area contributed by atoms with Gasteiger partial charge in [-0.1, -0.05) is 11.6 Å². The highest BCUT2D eigenvalue weighted by Crippen LogP contribution is 2.33. The summed E-state index contributed by atoms with van der Waals surface area (Å²) in [5, 5.41) is 0. The standard InChI is InChI=1S/C6H15ClOS/c1-9(2,3)5-4-8-6-7/h4-6H2,1-3H3. The molecule has 0 fully saturated rings. The molecule has 0 aliphatic rings. The topological polar surface area (TPSA) is 9.23 Å². The zero-order valence-corrected chi connectivity index (χ0v) is 7.89. The van der Waals surface area contributed by atoms with Crippen molar-refractivity contribution < 1.29 is 4.74 Å². The highest BCUT2D eigenvalue weighted by atomic mass is 35.5. The lowest BCUT2D eigenvalue weighted by molar-refractivity contribution is 0.198. The van der Waals surface area contributed by atoms with Crippen LogP contribution >= 0.6 is 21.6 Å². The zero-order valence-electron chi connectivity index (χ0n) is 6.32. The predicted molar refractivity (Wildman–Crippen MR) is 46.9 cm³/mol. The van der Waals surface area contributed by atoms with E-state index in [1.807, 2.05) is 0 Å². The monoisotopic (exact) mass is 170 g/mol. The Morgan fingerprint density at radius 2 is 1.89 bits per heavy atom. The SMILES string of the molecule is CS(C)(C)CCOCCl. The van der Waals surface area contributed by atoms with Crippen LogP contribution in [-0.2, 0) is 4.74 Å². The van der Waals surface area contributed by atoms with Crippen LogP contribution in [0.4, 0.5) is 0 Å². The van der Waals surface area contributed by atoms with Crippen molar-refractivity contribution in [2.45, 2.75) is 0 Å². The molecule has 0 unspecified atom stereocenters. The van der Waals surface area contributed by atoms with Crippen LogP contribution in [-0.4, -0.2) is 37.2 Å². The molecule has 0 aliphatic heterocycles. The summed E-state index contributed by atoms with van der Waals surface area (Å²) in [5.41, 5.74) is 0. The number of alkyl halides is 1. The quantitative estimate of drug-likeness (QED) is 0.463. The zero-order chi connectivity index (χ0) is 7.33. The van der Waals surface area contributed by atoms with Gasteiger partial charge in [0.1, 0.15) is 6.07 Å². The van der Waals surface area contributed by atoms with E-state index in [0.717, 1.165) is 12.4 Å². The molecule has 0 saturated heterocycles. The molecule has 0 aromatic carbocycles. The van der Waals surface area contributed by atoms with Gasteiger partial charge >= 0.3 is 0 Å². The highest BCUT2D eigenvalue weighted by Gasteiger charge is 2.01. The van der Waals surface area contributed by atoms with E-state index in [4.69, 9.17) is 16.3 Å². The van der Waals surface area contributed by atoms with Gasteiger partial charge in [-0.3, -0.25) is 0 Å². The summed E-state index contributed by atoms with van der Waals surface area (Å²) in [5.74, 6) is 1.15. The molecular formula is C6H15ClOS. The van der Waals surface area contributed by atoms with Crippen LogP contribution in [0.25, 0.3) is 0 Å². The molecule has 0 radical (unpaired) electrons. The van der Waals surface area contributed by atoms with Crippen molar-refractivity contribution in [3.8, 4) is 0 Å². The lowest BCUT2D eigenvalue weighted by Gasteiger charge is -2.24. The summed E-state index contributed by atoms with van der Waals surface area (Å²) in [6, 6.07) is 0.329. The van der Waals surface area contributed by atoms with Gasteiger partial charge in [0.25, 0.3) is 0 Å². The molecule has 3 heteroatoms. The maximum atomic E-state index is 5.32. The van der Waals surface area contributed by atoms with Crippen LogP contribution < -0.4 is 0 Å². The second-order valence-electron chi connectivity index (χ2n) is 2.81. The molecule has 0 amide bonds. The molecule has 0 saturated carbocycles. The van der Waals surface area contributed by atoms with Gasteiger partial charge in [-0.15, -0.1) is 0 Å². The second-order valence-corrected chi connectivity index (χ2v) is 7.62. The molecule has 0 aliphatic carbocycles. The van der Waals surface area contributed by atoms with Gasteiger partial charge in [0.15, 0.2) is 0 Å². The third kappa shape index (κ3) is 8.60. The van der Waals surface area contributed by atoms with E-state index in [2.05, 4.69) is 18.8 Å². The maximum Gasteiger partial charge on any atom is 0.120 e. The number of rotatable bonds is 4. The van der Waals surface area contributed by atoms with E-state index < -0.39 is 0 Å². The second kappa shape index (κ2) is 4.42. The van der Waals surface area contributed by atoms with Crippen molar-refractivity contribution in [1.29, 1.82) is 0 Å². The summed E-state index contributed by atoms with van der Waals surface area (Å²) >= 11 is 5.32. The Morgan fingerprint density at radius 1 is 1.33 bits per heavy atom. The molecule has 0 atom stereocenters. The van der Waals surface area contributed by atoms with Crippen molar-refractivity contribution in [3.63, 3.8) is 0 Å². The minimum Gasteiger partial charge on any atom is -0.365 e. The average molecular weight is 171 g/mol. The van der Waals surface area contributed by atoms with Crippen molar-refractivity contribution in [1.82, 2.24) is 0 Å². The number of halogens is 1. The van der Waals surface area contributed by atoms with Gasteiger partial charge in [0.05, 0.1) is 6.61 Å². The Balaban J connectivity index is 3.07. The van der Waals surface area contributed by atoms with Crippen LogP contribution in [0.5, 0.6) is 0 Å². The minimum absolute atomic E-state index is 0.329. The van der Waals surface area contributed by atoms with Crippen LogP contribution in [0.15, 0.2) is 0 Å². The van der Waals surface area contributed by atoms with Crippen LogP contribution in [0.1, 0.15) is 0 Å². The molecule has 1 nitrogen and oxygen atoms in total. The van der Waals surface area contributed by atoms with Gasteiger partial charge in [0.2, 0.25) is 0 Å². The van der Waals surface area contributed by atoms with Crippen molar-refractivity contribution in [3.05, 3.63) is 0 Å². The molecule has 0 rings (SSSR count). The van der Waals surface area contributed by atoms with Crippen molar-refractivity contribution >= 4 is 21.6 Å². The first-order chi connectivity index (χ1) is 4.06. The lowest BCUT2D eigenvalue weighted by Crippen LogP contribution is -2.05. The maximum absolute atomic E-state index is 5.32. The fraction of sp³-hybridized carbons (Fsp3) is 1.00. The molecule has 0 aromatic heterocycles. The van der Waals surface area contributed by atoms with Crippen molar-refractivity contribution in [2.24, 2.45) is 0 Å². The Bertz CT molecular complexity index is 69.9. The van der Waals surface area contributed by atoms with E-state index >= 15 is 0 Å². The number of hydrogen-bond acceptors (Lipinski definition) is 1.